The van der Waals surface area contributed by atoms with Crippen molar-refractivity contribution in [2.75, 3.05) is 6.61 Å². The molecule has 0 saturated carbocycles. The van der Waals surface area contributed by atoms with E-state index in [1.54, 1.807) is 6.92 Å². The Hall–Kier alpha value is -2.64. The lowest BCUT2D eigenvalue weighted by Crippen LogP contribution is -2.30. The van der Waals surface area contributed by atoms with E-state index in [4.69, 9.17) is 4.74 Å². The maximum atomic E-state index is 12.2. The van der Waals surface area contributed by atoms with E-state index in [0.717, 1.165) is 11.3 Å². The van der Waals surface area contributed by atoms with Gasteiger partial charge in [0.25, 0.3) is 5.91 Å². The van der Waals surface area contributed by atoms with Gasteiger partial charge in [0.2, 0.25) is 0 Å². The quantitative estimate of drug-likeness (QED) is 0.471. The second kappa shape index (κ2) is 7.08. The third-order valence-electron chi connectivity index (χ3n) is 3.55. The second-order valence-electron chi connectivity index (χ2n) is 5.21. The summed E-state index contributed by atoms with van der Waals surface area (Å²) in [7, 11) is 0. The van der Waals surface area contributed by atoms with Gasteiger partial charge < -0.3 is 10.1 Å². The molecular weight excluding hydrogens is 302 g/mol. The number of urea groups is 1. The number of nitrogens with zero attached hydrogens (tertiary/aromatic N) is 2. The zero-order valence-electron chi connectivity index (χ0n) is 13.1. The largest absolute Gasteiger partial charge is 0.487 e. The monoisotopic (exact) mass is 321 g/mol. The number of nitro benzene ring substituents is 1. The summed E-state index contributed by atoms with van der Waals surface area (Å²) in [5, 5.41) is 13.6. The highest BCUT2D eigenvalue weighted by molar-refractivity contribution is 6.04. The molecule has 0 aromatic heterocycles. The van der Waals surface area contributed by atoms with Gasteiger partial charge in [-0.3, -0.25) is 19.8 Å². The number of carbonyl (C=O) groups excluding carboxylic acids is 2. The summed E-state index contributed by atoms with van der Waals surface area (Å²) in [6, 6.07) is 3.41. The van der Waals surface area contributed by atoms with Crippen molar-refractivity contribution in [3.8, 4) is 5.75 Å². The summed E-state index contributed by atoms with van der Waals surface area (Å²) in [5.74, 6) is -0.139. The summed E-state index contributed by atoms with van der Waals surface area (Å²) in [4.78, 5) is 35.7. The van der Waals surface area contributed by atoms with Crippen molar-refractivity contribution in [3.05, 3.63) is 33.9 Å². The molecule has 23 heavy (non-hydrogen) atoms. The maximum absolute atomic E-state index is 12.2. The average Bonchev–Trinajstić information content (AvgIpc) is 2.76. The molecule has 3 amide bonds. The third kappa shape index (κ3) is 3.58. The molecule has 0 unspecified atom stereocenters. The molecule has 1 atom stereocenters. The van der Waals surface area contributed by atoms with Crippen LogP contribution in [-0.4, -0.2) is 34.4 Å². The molecule has 1 aliphatic rings. The highest BCUT2D eigenvalue weighted by Gasteiger charge is 2.37. The minimum absolute atomic E-state index is 0.0585. The minimum atomic E-state index is -0.528. The van der Waals surface area contributed by atoms with Crippen LogP contribution in [-0.2, 0) is 11.3 Å². The number of benzene rings is 1. The predicted octanol–water partition coefficient (Wildman–Crippen LogP) is 2.21. The molecular formula is C15H19N3O5. The lowest BCUT2D eigenvalue weighted by molar-refractivity contribution is -0.385. The van der Waals surface area contributed by atoms with Crippen LogP contribution in [0.15, 0.2) is 18.2 Å². The highest BCUT2D eigenvalue weighted by atomic mass is 16.6. The predicted molar refractivity (Wildman–Crippen MR) is 82.0 cm³/mol. The van der Waals surface area contributed by atoms with E-state index in [0.29, 0.717) is 12.0 Å². The Balaban J connectivity index is 2.20. The Morgan fingerprint density at radius 2 is 2.09 bits per heavy atom. The van der Waals surface area contributed by atoms with Gasteiger partial charge in [-0.2, -0.15) is 0 Å². The van der Waals surface area contributed by atoms with Crippen LogP contribution in [0.3, 0.4) is 0 Å². The average molecular weight is 321 g/mol. The number of amides is 3. The zero-order valence-corrected chi connectivity index (χ0v) is 13.1. The first-order chi connectivity index (χ1) is 11.0. The molecule has 0 radical (unpaired) electrons. The van der Waals surface area contributed by atoms with Crippen molar-refractivity contribution in [1.82, 2.24) is 10.2 Å². The van der Waals surface area contributed by atoms with Crippen LogP contribution in [0.1, 0.15) is 32.3 Å². The Morgan fingerprint density at radius 3 is 2.70 bits per heavy atom. The summed E-state index contributed by atoms with van der Waals surface area (Å²) in [5.41, 5.74) is 0.455. The number of nitro groups is 1. The van der Waals surface area contributed by atoms with E-state index in [1.807, 2.05) is 6.92 Å². The smallest absolute Gasteiger partial charge is 0.325 e. The maximum Gasteiger partial charge on any atom is 0.325 e. The zero-order chi connectivity index (χ0) is 17.0. The van der Waals surface area contributed by atoms with Gasteiger partial charge >= 0.3 is 11.7 Å². The first kappa shape index (κ1) is 16.7. The molecule has 1 N–H and O–H groups in total. The Morgan fingerprint density at radius 1 is 1.35 bits per heavy atom. The highest BCUT2D eigenvalue weighted by Crippen LogP contribution is 2.29. The van der Waals surface area contributed by atoms with Gasteiger partial charge in [0.05, 0.1) is 18.1 Å². The first-order valence-electron chi connectivity index (χ1n) is 7.49. The Labute approximate surface area is 133 Å². The normalized spacial score (nSPS) is 17.3. The molecule has 0 spiro atoms. The van der Waals surface area contributed by atoms with Crippen LogP contribution >= 0.6 is 0 Å². The van der Waals surface area contributed by atoms with Gasteiger partial charge in [0.1, 0.15) is 6.04 Å². The number of imide groups is 1. The van der Waals surface area contributed by atoms with Crippen LogP contribution in [0.2, 0.25) is 0 Å². The second-order valence-corrected chi connectivity index (χ2v) is 5.21. The molecule has 1 saturated heterocycles. The van der Waals surface area contributed by atoms with Crippen molar-refractivity contribution in [3.63, 3.8) is 0 Å². The standard InChI is InChI=1S/C15H19N3O5/c1-3-5-11-14(19)17(15(20)16-11)9-10-6-7-12(18(21)22)13(8-10)23-4-2/h6-8,11H,3-5,9H2,1-2H3,(H,16,20)/t11-/m1/s1. The first-order valence-corrected chi connectivity index (χ1v) is 7.49. The fourth-order valence-electron chi connectivity index (χ4n) is 2.47. The number of rotatable bonds is 7. The number of carbonyl (C=O) groups is 2. The Kier molecular flexibility index (Phi) is 5.15. The molecule has 124 valence electrons. The molecule has 1 heterocycles. The fourth-order valence-corrected chi connectivity index (χ4v) is 2.47. The molecule has 8 heteroatoms. The van der Waals surface area contributed by atoms with E-state index < -0.39 is 17.0 Å². The van der Waals surface area contributed by atoms with Crippen molar-refractivity contribution in [1.29, 1.82) is 0 Å². The molecule has 1 aromatic carbocycles. The van der Waals surface area contributed by atoms with Gasteiger partial charge in [0, 0.05) is 6.07 Å². The van der Waals surface area contributed by atoms with Gasteiger partial charge in [-0.1, -0.05) is 19.4 Å². The van der Waals surface area contributed by atoms with E-state index in [-0.39, 0.29) is 30.5 Å². The van der Waals surface area contributed by atoms with E-state index in [1.165, 1.54) is 18.2 Å². The number of nitrogens with one attached hydrogen (secondary N) is 1. The molecule has 1 aromatic rings. The Bertz CT molecular complexity index is 632. The van der Waals surface area contributed by atoms with Gasteiger partial charge in [-0.25, -0.2) is 4.79 Å². The van der Waals surface area contributed by atoms with E-state index in [9.17, 15) is 19.7 Å². The lowest BCUT2D eigenvalue weighted by atomic mass is 10.1. The summed E-state index contributed by atoms with van der Waals surface area (Å²) < 4.78 is 5.27. The topological polar surface area (TPSA) is 102 Å². The van der Waals surface area contributed by atoms with Crippen molar-refractivity contribution < 1.29 is 19.2 Å². The minimum Gasteiger partial charge on any atom is -0.487 e. The van der Waals surface area contributed by atoms with Crippen LogP contribution in [0.5, 0.6) is 5.75 Å². The molecule has 0 aliphatic carbocycles. The number of ether oxygens (including phenoxy) is 1. The number of hydrogen-bond donors (Lipinski definition) is 1. The fraction of sp³-hybridized carbons (Fsp3) is 0.467. The van der Waals surface area contributed by atoms with Crippen molar-refractivity contribution in [2.24, 2.45) is 0 Å². The number of hydrogen-bond acceptors (Lipinski definition) is 5. The van der Waals surface area contributed by atoms with Gasteiger partial charge in [-0.15, -0.1) is 0 Å². The summed E-state index contributed by atoms with van der Waals surface area (Å²) >= 11 is 0. The van der Waals surface area contributed by atoms with Crippen LogP contribution < -0.4 is 10.1 Å². The van der Waals surface area contributed by atoms with Crippen LogP contribution in [0.25, 0.3) is 0 Å². The molecule has 0 bridgehead atoms. The van der Waals surface area contributed by atoms with Crippen LogP contribution in [0.4, 0.5) is 10.5 Å². The van der Waals surface area contributed by atoms with Gasteiger partial charge in [-0.05, 0) is 25.0 Å². The van der Waals surface area contributed by atoms with Gasteiger partial charge in [0.15, 0.2) is 5.75 Å². The third-order valence-corrected chi connectivity index (χ3v) is 3.55. The van der Waals surface area contributed by atoms with Crippen molar-refractivity contribution in [2.45, 2.75) is 39.3 Å². The molecule has 2 rings (SSSR count). The lowest BCUT2D eigenvalue weighted by Gasteiger charge is -2.14. The molecule has 8 nitrogen and oxygen atoms in total. The summed E-state index contributed by atoms with van der Waals surface area (Å²) in [6.07, 6.45) is 1.38. The van der Waals surface area contributed by atoms with E-state index >= 15 is 0 Å². The van der Waals surface area contributed by atoms with Crippen molar-refractivity contribution >= 4 is 17.6 Å². The summed E-state index contributed by atoms with van der Waals surface area (Å²) in [6.45, 7) is 4.00. The van der Waals surface area contributed by atoms with Crippen LogP contribution in [0, 0.1) is 10.1 Å². The molecule has 1 fully saturated rings. The van der Waals surface area contributed by atoms with E-state index in [2.05, 4.69) is 5.32 Å². The SMILES string of the molecule is CCC[C@H]1NC(=O)N(Cc2ccc([N+](=O)[O-])c(OCC)c2)C1=O. The molecule has 1 aliphatic heterocycles.